The molecule has 1 unspecified atom stereocenters. The van der Waals surface area contributed by atoms with Gasteiger partial charge in [-0.3, -0.25) is 0 Å². The molecule has 0 saturated carbocycles. The van der Waals surface area contributed by atoms with Crippen LogP contribution in [0.5, 0.6) is 0 Å². The Kier molecular flexibility index (Phi) is 3.65. The Balaban J connectivity index is 1.85. The minimum absolute atomic E-state index is 0.0832. The second-order valence-electron chi connectivity index (χ2n) is 4.13. The minimum atomic E-state index is -0.442. The van der Waals surface area contributed by atoms with Crippen molar-refractivity contribution in [2.24, 2.45) is 0 Å². The van der Waals surface area contributed by atoms with Crippen LogP contribution < -0.4 is 5.73 Å². The number of nitrogens with zero attached hydrogens (tertiary/aromatic N) is 2. The lowest BCUT2D eigenvalue weighted by Crippen LogP contribution is -2.07. The molecule has 0 radical (unpaired) electrons. The Morgan fingerprint density at radius 2 is 2.26 bits per heavy atom. The molecule has 7 heteroatoms. The highest BCUT2D eigenvalue weighted by molar-refractivity contribution is 8.06. The third-order valence-electron chi connectivity index (χ3n) is 2.79. The van der Waals surface area contributed by atoms with Gasteiger partial charge in [0.2, 0.25) is 0 Å². The molecule has 1 aromatic heterocycles. The first-order chi connectivity index (χ1) is 9.24. The van der Waals surface area contributed by atoms with Crippen molar-refractivity contribution in [1.29, 1.82) is 0 Å². The Bertz CT molecular complexity index is 584. The van der Waals surface area contributed by atoms with Crippen molar-refractivity contribution in [3.05, 3.63) is 29.8 Å². The van der Waals surface area contributed by atoms with Gasteiger partial charge in [-0.15, -0.1) is 11.8 Å². The molecule has 1 fully saturated rings. The van der Waals surface area contributed by atoms with E-state index in [1.165, 1.54) is 17.9 Å². The van der Waals surface area contributed by atoms with E-state index in [0.717, 1.165) is 11.5 Å². The molecule has 3 rings (SSSR count). The molecule has 1 atom stereocenters. The normalized spacial score (nSPS) is 19.5. The number of thioether (sulfide) groups is 2. The fourth-order valence-electron chi connectivity index (χ4n) is 1.80. The summed E-state index contributed by atoms with van der Waals surface area (Å²) >= 11 is 3.74. The maximum absolute atomic E-state index is 13.1. The average Bonchev–Trinajstić information content (AvgIpc) is 2.93. The van der Waals surface area contributed by atoms with E-state index >= 15 is 0 Å². The molecule has 1 aliphatic rings. The van der Waals surface area contributed by atoms with Crippen molar-refractivity contribution < 1.29 is 8.91 Å². The van der Waals surface area contributed by atoms with Crippen molar-refractivity contribution in [2.45, 2.75) is 5.25 Å². The monoisotopic (exact) mass is 297 g/mol. The Labute approximate surface area is 118 Å². The number of nitrogens with two attached hydrogens (primary N) is 1. The molecular weight excluding hydrogens is 285 g/mol. The van der Waals surface area contributed by atoms with Crippen LogP contribution in [0.3, 0.4) is 0 Å². The van der Waals surface area contributed by atoms with Gasteiger partial charge in [0, 0.05) is 22.8 Å². The van der Waals surface area contributed by atoms with Gasteiger partial charge in [-0.25, -0.2) is 4.39 Å². The number of hydrogen-bond donors (Lipinski definition) is 1. The highest BCUT2D eigenvalue weighted by Crippen LogP contribution is 2.36. The number of rotatable bonds is 2. The number of hydrogen-bond acceptors (Lipinski definition) is 6. The number of aromatic nitrogens is 2. The van der Waals surface area contributed by atoms with E-state index in [1.807, 2.05) is 23.5 Å². The fraction of sp³-hybridized carbons (Fsp3) is 0.333. The number of anilines is 1. The minimum Gasteiger partial charge on any atom is -0.396 e. The zero-order chi connectivity index (χ0) is 13.2. The lowest BCUT2D eigenvalue weighted by atomic mass is 10.2. The molecule has 2 heterocycles. The van der Waals surface area contributed by atoms with E-state index in [0.29, 0.717) is 17.3 Å². The Hall–Kier alpha value is -1.21. The van der Waals surface area contributed by atoms with Crippen molar-refractivity contribution in [2.75, 3.05) is 23.0 Å². The summed E-state index contributed by atoms with van der Waals surface area (Å²) in [5, 5.41) is 4.29. The Morgan fingerprint density at radius 1 is 1.37 bits per heavy atom. The molecule has 1 aromatic carbocycles. The zero-order valence-electron chi connectivity index (χ0n) is 10.0. The van der Waals surface area contributed by atoms with Crippen LogP contribution in [0, 0.1) is 5.82 Å². The van der Waals surface area contributed by atoms with E-state index < -0.39 is 5.82 Å². The van der Waals surface area contributed by atoms with E-state index in [4.69, 9.17) is 10.3 Å². The molecule has 4 nitrogen and oxygen atoms in total. The summed E-state index contributed by atoms with van der Waals surface area (Å²) in [6, 6.07) is 4.40. The summed E-state index contributed by atoms with van der Waals surface area (Å²) in [7, 11) is 0. The van der Waals surface area contributed by atoms with Gasteiger partial charge in [0.15, 0.2) is 5.82 Å². The predicted molar refractivity (Wildman–Crippen MR) is 76.6 cm³/mol. The van der Waals surface area contributed by atoms with Gasteiger partial charge in [-0.2, -0.15) is 16.7 Å². The van der Waals surface area contributed by atoms with E-state index in [2.05, 4.69) is 10.1 Å². The van der Waals surface area contributed by atoms with Gasteiger partial charge in [0.1, 0.15) is 5.82 Å². The van der Waals surface area contributed by atoms with Gasteiger partial charge >= 0.3 is 0 Å². The van der Waals surface area contributed by atoms with Crippen LogP contribution in [0.1, 0.15) is 11.1 Å². The van der Waals surface area contributed by atoms with E-state index in [9.17, 15) is 4.39 Å². The standard InChI is InChI=1S/C12H12FN3OS2/c13-8-2-1-7(5-9(8)14)12-15-11(16-17-12)10-6-18-3-4-19-10/h1-2,5,10H,3-4,6,14H2. The van der Waals surface area contributed by atoms with E-state index in [1.54, 1.807) is 6.07 Å². The van der Waals surface area contributed by atoms with Gasteiger partial charge in [0.05, 0.1) is 10.9 Å². The molecule has 0 aliphatic carbocycles. The summed E-state index contributed by atoms with van der Waals surface area (Å²) < 4.78 is 18.3. The molecule has 0 spiro atoms. The second kappa shape index (κ2) is 5.42. The number of benzene rings is 1. The number of nitrogen functional groups attached to an aromatic ring is 1. The van der Waals surface area contributed by atoms with Gasteiger partial charge in [-0.05, 0) is 18.2 Å². The van der Waals surface area contributed by atoms with Crippen LogP contribution in [-0.2, 0) is 0 Å². The van der Waals surface area contributed by atoms with Gasteiger partial charge in [-0.1, -0.05) is 5.16 Å². The fourth-order valence-corrected chi connectivity index (χ4v) is 4.39. The summed E-state index contributed by atoms with van der Waals surface area (Å²) in [5.41, 5.74) is 6.26. The average molecular weight is 297 g/mol. The summed E-state index contributed by atoms with van der Waals surface area (Å²) in [4.78, 5) is 4.38. The third kappa shape index (κ3) is 2.71. The second-order valence-corrected chi connectivity index (χ2v) is 6.59. The van der Waals surface area contributed by atoms with Crippen molar-refractivity contribution in [3.8, 4) is 11.5 Å². The quantitative estimate of drug-likeness (QED) is 0.860. The van der Waals surface area contributed by atoms with Crippen LogP contribution in [0.4, 0.5) is 10.1 Å². The highest BCUT2D eigenvalue weighted by Gasteiger charge is 2.22. The molecule has 2 N–H and O–H groups in total. The summed E-state index contributed by atoms with van der Waals surface area (Å²) in [6.45, 7) is 0. The van der Waals surface area contributed by atoms with Crippen LogP contribution >= 0.6 is 23.5 Å². The topological polar surface area (TPSA) is 64.9 Å². The van der Waals surface area contributed by atoms with Crippen LogP contribution in [-0.4, -0.2) is 27.4 Å². The SMILES string of the molecule is Nc1cc(-c2nc(C3CSCCS3)no2)ccc1F. The molecule has 1 saturated heterocycles. The Morgan fingerprint density at radius 3 is 3.00 bits per heavy atom. The highest BCUT2D eigenvalue weighted by atomic mass is 32.2. The summed E-state index contributed by atoms with van der Waals surface area (Å²) in [6.07, 6.45) is 0. The first kappa shape index (κ1) is 12.8. The van der Waals surface area contributed by atoms with Crippen LogP contribution in [0.2, 0.25) is 0 Å². The van der Waals surface area contributed by atoms with Crippen LogP contribution in [0.15, 0.2) is 22.7 Å². The molecule has 2 aromatic rings. The largest absolute Gasteiger partial charge is 0.396 e. The van der Waals surface area contributed by atoms with Crippen molar-refractivity contribution in [1.82, 2.24) is 10.1 Å². The smallest absolute Gasteiger partial charge is 0.258 e. The lowest BCUT2D eigenvalue weighted by Gasteiger charge is -2.16. The van der Waals surface area contributed by atoms with Crippen molar-refractivity contribution >= 4 is 29.2 Å². The molecule has 19 heavy (non-hydrogen) atoms. The molecule has 0 amide bonds. The van der Waals surface area contributed by atoms with Gasteiger partial charge < -0.3 is 10.3 Å². The zero-order valence-corrected chi connectivity index (χ0v) is 11.6. The molecule has 1 aliphatic heterocycles. The van der Waals surface area contributed by atoms with E-state index in [-0.39, 0.29) is 10.9 Å². The maximum atomic E-state index is 13.1. The number of halogens is 1. The molecule has 100 valence electrons. The predicted octanol–water partition coefficient (Wildman–Crippen LogP) is 2.98. The summed E-state index contributed by atoms with van der Waals surface area (Å²) in [5.74, 6) is 3.91. The van der Waals surface area contributed by atoms with Crippen molar-refractivity contribution in [3.63, 3.8) is 0 Å². The first-order valence-corrected chi connectivity index (χ1v) is 8.03. The lowest BCUT2D eigenvalue weighted by molar-refractivity contribution is 0.423. The third-order valence-corrected chi connectivity index (χ3v) is 5.54. The molecule has 0 bridgehead atoms. The maximum Gasteiger partial charge on any atom is 0.258 e. The van der Waals surface area contributed by atoms with Gasteiger partial charge in [0.25, 0.3) is 5.89 Å². The first-order valence-electron chi connectivity index (χ1n) is 5.82. The molecular formula is C12H12FN3OS2. The van der Waals surface area contributed by atoms with Crippen LogP contribution in [0.25, 0.3) is 11.5 Å².